The van der Waals surface area contributed by atoms with E-state index in [2.05, 4.69) is 29.1 Å². The standard InChI is InChI=1S/C16H22N6O3/c1-10-6-11(2)9-21(8-10)15-13(22(23)24)14(17)19-16(20-15)18-7-12-4-3-5-25-12/h3-5,10-11H,6-9H2,1-2H3,(H3,17,18,19,20)/t10-,11-/m0/s1. The molecule has 0 bridgehead atoms. The van der Waals surface area contributed by atoms with Crippen LogP contribution in [0.1, 0.15) is 26.0 Å². The van der Waals surface area contributed by atoms with Crippen LogP contribution in [0.5, 0.6) is 0 Å². The van der Waals surface area contributed by atoms with E-state index in [-0.39, 0.29) is 23.3 Å². The number of nitrogen functional groups attached to an aromatic ring is 1. The number of nitrogens with two attached hydrogens (primary N) is 1. The maximum Gasteiger partial charge on any atom is 0.353 e. The average Bonchev–Trinajstić information content (AvgIpc) is 3.04. The van der Waals surface area contributed by atoms with Crippen LogP contribution in [0.2, 0.25) is 0 Å². The highest BCUT2D eigenvalue weighted by atomic mass is 16.6. The molecule has 25 heavy (non-hydrogen) atoms. The Morgan fingerprint density at radius 3 is 2.72 bits per heavy atom. The SMILES string of the molecule is C[C@H]1C[C@H](C)CN(c2nc(NCc3ccco3)nc(N)c2[N+](=O)[O-])C1. The molecule has 0 amide bonds. The van der Waals surface area contributed by atoms with Gasteiger partial charge in [0.1, 0.15) is 5.76 Å². The molecule has 2 aromatic heterocycles. The van der Waals surface area contributed by atoms with E-state index < -0.39 is 4.92 Å². The van der Waals surface area contributed by atoms with Crippen molar-refractivity contribution in [2.75, 3.05) is 29.0 Å². The van der Waals surface area contributed by atoms with E-state index in [1.165, 1.54) is 0 Å². The van der Waals surface area contributed by atoms with Gasteiger partial charge in [-0.05, 0) is 30.4 Å². The van der Waals surface area contributed by atoms with Gasteiger partial charge >= 0.3 is 5.69 Å². The number of hydrogen-bond acceptors (Lipinski definition) is 8. The molecule has 1 aliphatic heterocycles. The molecule has 0 aliphatic carbocycles. The van der Waals surface area contributed by atoms with Crippen molar-refractivity contribution in [3.8, 4) is 0 Å². The summed E-state index contributed by atoms with van der Waals surface area (Å²) in [6.45, 7) is 6.05. The number of nitrogens with zero attached hydrogens (tertiary/aromatic N) is 4. The van der Waals surface area contributed by atoms with Crippen molar-refractivity contribution in [3.05, 3.63) is 34.3 Å². The van der Waals surface area contributed by atoms with Crippen molar-refractivity contribution < 1.29 is 9.34 Å². The van der Waals surface area contributed by atoms with E-state index in [0.29, 0.717) is 37.2 Å². The lowest BCUT2D eigenvalue weighted by atomic mass is 9.92. The monoisotopic (exact) mass is 346 g/mol. The third-order valence-electron chi connectivity index (χ3n) is 4.24. The molecule has 1 aliphatic rings. The first kappa shape index (κ1) is 17.0. The van der Waals surface area contributed by atoms with Crippen molar-refractivity contribution >= 4 is 23.3 Å². The minimum atomic E-state index is -0.509. The van der Waals surface area contributed by atoms with Gasteiger partial charge in [0.15, 0.2) is 0 Å². The summed E-state index contributed by atoms with van der Waals surface area (Å²) in [7, 11) is 0. The molecule has 3 N–H and O–H groups in total. The van der Waals surface area contributed by atoms with Crippen molar-refractivity contribution in [1.82, 2.24) is 9.97 Å². The van der Waals surface area contributed by atoms with E-state index >= 15 is 0 Å². The Balaban J connectivity index is 1.91. The lowest BCUT2D eigenvalue weighted by Gasteiger charge is -2.35. The average molecular weight is 346 g/mol. The first-order valence-corrected chi connectivity index (χ1v) is 8.27. The molecule has 9 nitrogen and oxygen atoms in total. The van der Waals surface area contributed by atoms with Crippen LogP contribution in [0.3, 0.4) is 0 Å². The molecule has 9 heteroatoms. The molecular formula is C16H22N6O3. The van der Waals surface area contributed by atoms with Crippen LogP contribution < -0.4 is 16.0 Å². The summed E-state index contributed by atoms with van der Waals surface area (Å²) in [4.78, 5) is 21.3. The topological polar surface area (TPSA) is 123 Å². The van der Waals surface area contributed by atoms with Crippen molar-refractivity contribution in [2.24, 2.45) is 11.8 Å². The van der Waals surface area contributed by atoms with Gasteiger partial charge in [0.2, 0.25) is 17.6 Å². The first-order valence-electron chi connectivity index (χ1n) is 8.27. The fourth-order valence-electron chi connectivity index (χ4n) is 3.35. The largest absolute Gasteiger partial charge is 0.467 e. The second-order valence-electron chi connectivity index (χ2n) is 6.65. The third kappa shape index (κ3) is 3.81. The summed E-state index contributed by atoms with van der Waals surface area (Å²) in [5, 5.41) is 14.5. The van der Waals surface area contributed by atoms with E-state index in [4.69, 9.17) is 10.2 Å². The highest BCUT2D eigenvalue weighted by Gasteiger charge is 2.31. The molecule has 0 spiro atoms. The fraction of sp³-hybridized carbons (Fsp3) is 0.500. The number of nitro groups is 1. The highest BCUT2D eigenvalue weighted by Crippen LogP contribution is 2.35. The second kappa shape index (κ2) is 6.96. The van der Waals surface area contributed by atoms with Gasteiger partial charge in [-0.3, -0.25) is 10.1 Å². The Bertz CT molecular complexity index is 739. The van der Waals surface area contributed by atoms with Gasteiger partial charge in [-0.2, -0.15) is 9.97 Å². The zero-order valence-corrected chi connectivity index (χ0v) is 14.3. The first-order chi connectivity index (χ1) is 11.9. The van der Waals surface area contributed by atoms with Crippen molar-refractivity contribution in [2.45, 2.75) is 26.8 Å². The molecule has 0 unspecified atom stereocenters. The maximum atomic E-state index is 11.5. The maximum absolute atomic E-state index is 11.5. The summed E-state index contributed by atoms with van der Waals surface area (Å²) in [6, 6.07) is 3.60. The molecule has 0 aromatic carbocycles. The van der Waals surface area contributed by atoms with Gasteiger partial charge in [-0.1, -0.05) is 13.8 Å². The molecule has 2 atom stereocenters. The quantitative estimate of drug-likeness (QED) is 0.625. The van der Waals surface area contributed by atoms with Gasteiger partial charge < -0.3 is 20.4 Å². The zero-order valence-electron chi connectivity index (χ0n) is 14.3. The summed E-state index contributed by atoms with van der Waals surface area (Å²) < 4.78 is 5.25. The lowest BCUT2D eigenvalue weighted by Crippen LogP contribution is -2.39. The van der Waals surface area contributed by atoms with Crippen LogP contribution in [0.4, 0.5) is 23.3 Å². The van der Waals surface area contributed by atoms with Crippen LogP contribution in [0.25, 0.3) is 0 Å². The zero-order chi connectivity index (χ0) is 18.0. The molecular weight excluding hydrogens is 324 g/mol. The second-order valence-corrected chi connectivity index (χ2v) is 6.65. The molecule has 0 radical (unpaired) electrons. The number of nitrogens with one attached hydrogen (secondary N) is 1. The predicted octanol–water partition coefficient (Wildman–Crippen LogP) is 2.65. The van der Waals surface area contributed by atoms with Crippen molar-refractivity contribution in [1.29, 1.82) is 0 Å². The lowest BCUT2D eigenvalue weighted by molar-refractivity contribution is -0.383. The molecule has 3 rings (SSSR count). The summed E-state index contributed by atoms with van der Waals surface area (Å²) in [6.07, 6.45) is 2.67. The Morgan fingerprint density at radius 2 is 2.12 bits per heavy atom. The van der Waals surface area contributed by atoms with E-state index in [9.17, 15) is 10.1 Å². The van der Waals surface area contributed by atoms with E-state index in [1.54, 1.807) is 12.3 Å². The number of aromatic nitrogens is 2. The third-order valence-corrected chi connectivity index (χ3v) is 4.24. The Morgan fingerprint density at radius 1 is 1.40 bits per heavy atom. The summed E-state index contributed by atoms with van der Waals surface area (Å²) in [5.74, 6) is 1.96. The van der Waals surface area contributed by atoms with Crippen LogP contribution in [0, 0.1) is 22.0 Å². The molecule has 0 saturated carbocycles. The smallest absolute Gasteiger partial charge is 0.353 e. The normalized spacial score (nSPS) is 20.5. The van der Waals surface area contributed by atoms with Gasteiger partial charge in [-0.25, -0.2) is 0 Å². The van der Waals surface area contributed by atoms with Gasteiger partial charge in [0.25, 0.3) is 0 Å². The van der Waals surface area contributed by atoms with Crippen LogP contribution in [0.15, 0.2) is 22.8 Å². The number of piperidine rings is 1. The number of rotatable bonds is 5. The van der Waals surface area contributed by atoms with Gasteiger partial charge in [0, 0.05) is 13.1 Å². The molecule has 3 heterocycles. The summed E-state index contributed by atoms with van der Waals surface area (Å²) >= 11 is 0. The molecule has 1 saturated heterocycles. The molecule has 134 valence electrons. The minimum Gasteiger partial charge on any atom is -0.467 e. The van der Waals surface area contributed by atoms with Crippen molar-refractivity contribution in [3.63, 3.8) is 0 Å². The fourth-order valence-corrected chi connectivity index (χ4v) is 3.35. The Hall–Kier alpha value is -2.84. The Labute approximate surface area is 145 Å². The van der Waals surface area contributed by atoms with Crippen LogP contribution >= 0.6 is 0 Å². The molecule has 1 fully saturated rings. The van der Waals surface area contributed by atoms with E-state index in [1.807, 2.05) is 11.0 Å². The van der Waals surface area contributed by atoms with Crippen LogP contribution in [-0.2, 0) is 6.54 Å². The summed E-state index contributed by atoms with van der Waals surface area (Å²) in [5.41, 5.74) is 5.63. The van der Waals surface area contributed by atoms with E-state index in [0.717, 1.165) is 6.42 Å². The Kier molecular flexibility index (Phi) is 4.73. The number of anilines is 3. The molecule has 2 aromatic rings. The van der Waals surface area contributed by atoms with Gasteiger partial charge in [0.05, 0.1) is 17.7 Å². The number of hydrogen-bond donors (Lipinski definition) is 2. The van der Waals surface area contributed by atoms with Crippen LogP contribution in [-0.4, -0.2) is 28.0 Å². The predicted molar refractivity (Wildman–Crippen MR) is 94.3 cm³/mol. The minimum absolute atomic E-state index is 0.136. The number of furan rings is 1. The highest BCUT2D eigenvalue weighted by molar-refractivity contribution is 5.71. The van der Waals surface area contributed by atoms with Gasteiger partial charge in [-0.15, -0.1) is 0 Å².